The van der Waals surface area contributed by atoms with Gasteiger partial charge in [0.25, 0.3) is 5.91 Å². The van der Waals surface area contributed by atoms with Crippen LogP contribution in [0.25, 0.3) is 0 Å². The van der Waals surface area contributed by atoms with Gasteiger partial charge >= 0.3 is 0 Å². The first-order valence-corrected chi connectivity index (χ1v) is 7.52. The summed E-state index contributed by atoms with van der Waals surface area (Å²) in [5.41, 5.74) is 5.70. The Kier molecular flexibility index (Phi) is 5.75. The molecule has 3 N–H and O–H groups in total. The molecule has 24 heavy (non-hydrogen) atoms. The van der Waals surface area contributed by atoms with Crippen molar-refractivity contribution in [1.29, 1.82) is 0 Å². The lowest BCUT2D eigenvalue weighted by Crippen LogP contribution is -2.45. The molecule has 0 bridgehead atoms. The van der Waals surface area contributed by atoms with Gasteiger partial charge in [0.05, 0.1) is 0 Å². The summed E-state index contributed by atoms with van der Waals surface area (Å²) in [5.74, 6) is -3.80. The molecular weight excluding hydrogens is 361 g/mol. The molecule has 0 aromatic heterocycles. The molecule has 0 saturated heterocycles. The van der Waals surface area contributed by atoms with Crippen molar-refractivity contribution in [2.24, 2.45) is 5.73 Å². The van der Waals surface area contributed by atoms with E-state index in [2.05, 4.69) is 5.32 Å². The third kappa shape index (κ3) is 4.43. The monoisotopic (exact) mass is 372 g/mol. The topological polar surface area (TPSA) is 72.2 Å². The van der Waals surface area contributed by atoms with Crippen molar-refractivity contribution in [3.05, 3.63) is 69.2 Å². The lowest BCUT2D eigenvalue weighted by Gasteiger charge is -2.16. The molecule has 0 unspecified atom stereocenters. The lowest BCUT2D eigenvalue weighted by atomic mass is 10.0. The molecular formula is C16H12Cl2F2N2O2. The number of nitrogens with two attached hydrogens (primary N) is 1. The number of rotatable bonds is 5. The van der Waals surface area contributed by atoms with E-state index >= 15 is 0 Å². The smallest absolute Gasteiger partial charge is 0.252 e. The van der Waals surface area contributed by atoms with Crippen molar-refractivity contribution >= 4 is 35.0 Å². The average Bonchev–Trinajstić information content (AvgIpc) is 2.51. The van der Waals surface area contributed by atoms with E-state index in [1.54, 1.807) is 12.1 Å². The Labute approximate surface area is 146 Å². The Bertz CT molecular complexity index is 800. The second-order valence-corrected chi connectivity index (χ2v) is 5.84. The van der Waals surface area contributed by atoms with Crippen LogP contribution in [0.1, 0.15) is 15.9 Å². The maximum atomic E-state index is 13.2. The van der Waals surface area contributed by atoms with E-state index in [0.29, 0.717) is 15.6 Å². The van der Waals surface area contributed by atoms with Crippen molar-refractivity contribution in [3.8, 4) is 0 Å². The fourth-order valence-electron chi connectivity index (χ4n) is 2.01. The van der Waals surface area contributed by atoms with Crippen LogP contribution < -0.4 is 11.1 Å². The number of carbonyl (C=O) groups excluding carboxylic acids is 2. The highest BCUT2D eigenvalue weighted by Crippen LogP contribution is 2.22. The van der Waals surface area contributed by atoms with Gasteiger partial charge in [-0.15, -0.1) is 0 Å². The summed E-state index contributed by atoms with van der Waals surface area (Å²) in [6, 6.07) is 6.25. The molecule has 0 aliphatic heterocycles. The summed E-state index contributed by atoms with van der Waals surface area (Å²) in [6.07, 6.45) is 0.0285. The second-order valence-electron chi connectivity index (χ2n) is 5.00. The third-order valence-electron chi connectivity index (χ3n) is 3.27. The molecule has 0 spiro atoms. The molecule has 8 heteroatoms. The van der Waals surface area contributed by atoms with Crippen LogP contribution in [0.15, 0.2) is 36.4 Å². The second kappa shape index (κ2) is 7.59. The van der Waals surface area contributed by atoms with Gasteiger partial charge in [-0.05, 0) is 35.9 Å². The highest BCUT2D eigenvalue weighted by atomic mass is 35.5. The Morgan fingerprint density at radius 1 is 1.08 bits per heavy atom. The molecule has 0 radical (unpaired) electrons. The zero-order valence-corrected chi connectivity index (χ0v) is 13.7. The van der Waals surface area contributed by atoms with Crippen LogP contribution in [0.3, 0.4) is 0 Å². The Balaban J connectivity index is 2.17. The van der Waals surface area contributed by atoms with Crippen LogP contribution in [0.4, 0.5) is 8.78 Å². The number of halogens is 4. The summed E-state index contributed by atoms with van der Waals surface area (Å²) in [6.45, 7) is 0. The molecule has 0 saturated carbocycles. The highest BCUT2D eigenvalue weighted by molar-refractivity contribution is 6.35. The van der Waals surface area contributed by atoms with Crippen LogP contribution in [-0.4, -0.2) is 17.9 Å². The fourth-order valence-corrected chi connectivity index (χ4v) is 2.49. The first-order chi connectivity index (χ1) is 11.3. The van der Waals surface area contributed by atoms with Gasteiger partial charge in [0.2, 0.25) is 5.91 Å². The SMILES string of the molecule is NC(=O)[C@@H](Cc1ccc(Cl)cc1Cl)NC(=O)c1ccc(F)c(F)c1. The molecule has 0 aliphatic carbocycles. The Morgan fingerprint density at radius 2 is 1.79 bits per heavy atom. The van der Waals surface area contributed by atoms with Gasteiger partial charge in [0.15, 0.2) is 11.6 Å². The predicted octanol–water partition coefficient (Wildman–Crippen LogP) is 3.10. The highest BCUT2D eigenvalue weighted by Gasteiger charge is 2.21. The number of nitrogens with one attached hydrogen (secondary N) is 1. The van der Waals surface area contributed by atoms with Crippen molar-refractivity contribution < 1.29 is 18.4 Å². The number of carbonyl (C=O) groups is 2. The standard InChI is InChI=1S/C16H12Cl2F2N2O2/c17-10-3-1-8(11(18)7-10)6-14(15(21)23)22-16(24)9-2-4-12(19)13(20)5-9/h1-5,7,14H,6H2,(H2,21,23)(H,22,24)/t14-/m1/s1. The summed E-state index contributed by atoms with van der Waals surface area (Å²) in [7, 11) is 0. The van der Waals surface area contributed by atoms with Crippen molar-refractivity contribution in [2.45, 2.75) is 12.5 Å². The maximum absolute atomic E-state index is 13.2. The number of primary amides is 1. The zero-order valence-electron chi connectivity index (χ0n) is 12.2. The quantitative estimate of drug-likeness (QED) is 0.846. The minimum absolute atomic E-state index is 0.0285. The van der Waals surface area contributed by atoms with Gasteiger partial charge in [-0.2, -0.15) is 0 Å². The summed E-state index contributed by atoms with van der Waals surface area (Å²) in [4.78, 5) is 23.7. The predicted molar refractivity (Wildman–Crippen MR) is 87.0 cm³/mol. The largest absolute Gasteiger partial charge is 0.368 e. The normalized spacial score (nSPS) is 11.8. The van der Waals surface area contributed by atoms with Gasteiger partial charge in [0, 0.05) is 22.0 Å². The summed E-state index contributed by atoms with van der Waals surface area (Å²) in [5, 5.41) is 3.11. The lowest BCUT2D eigenvalue weighted by molar-refractivity contribution is -0.119. The van der Waals surface area contributed by atoms with E-state index in [9.17, 15) is 18.4 Å². The number of amides is 2. The van der Waals surface area contributed by atoms with E-state index < -0.39 is 29.5 Å². The zero-order chi connectivity index (χ0) is 17.9. The molecule has 126 valence electrons. The molecule has 0 heterocycles. The molecule has 1 atom stereocenters. The van der Waals surface area contributed by atoms with Crippen molar-refractivity contribution in [2.75, 3.05) is 0 Å². The van der Waals surface area contributed by atoms with E-state index in [-0.39, 0.29) is 12.0 Å². The van der Waals surface area contributed by atoms with Crippen molar-refractivity contribution in [1.82, 2.24) is 5.32 Å². The maximum Gasteiger partial charge on any atom is 0.252 e. The van der Waals surface area contributed by atoms with Crippen LogP contribution >= 0.6 is 23.2 Å². The average molecular weight is 373 g/mol. The van der Waals surface area contributed by atoms with E-state index in [4.69, 9.17) is 28.9 Å². The van der Waals surface area contributed by atoms with Gasteiger partial charge in [-0.25, -0.2) is 8.78 Å². The molecule has 2 amide bonds. The van der Waals surface area contributed by atoms with Crippen molar-refractivity contribution in [3.63, 3.8) is 0 Å². The minimum atomic E-state index is -1.17. The molecule has 2 aromatic rings. The molecule has 2 aromatic carbocycles. The third-order valence-corrected chi connectivity index (χ3v) is 3.86. The first kappa shape index (κ1) is 18.2. The number of hydrogen-bond acceptors (Lipinski definition) is 2. The number of benzene rings is 2. The van der Waals surface area contributed by atoms with Gasteiger partial charge < -0.3 is 11.1 Å². The van der Waals surface area contributed by atoms with Crippen LogP contribution in [0.2, 0.25) is 10.0 Å². The van der Waals surface area contributed by atoms with Gasteiger partial charge in [0.1, 0.15) is 6.04 Å². The van der Waals surface area contributed by atoms with Gasteiger partial charge in [-0.1, -0.05) is 29.3 Å². The summed E-state index contributed by atoms with van der Waals surface area (Å²) < 4.78 is 26.1. The number of hydrogen-bond donors (Lipinski definition) is 2. The fraction of sp³-hybridized carbons (Fsp3) is 0.125. The van der Waals surface area contributed by atoms with E-state index in [0.717, 1.165) is 18.2 Å². The molecule has 0 fully saturated rings. The van der Waals surface area contributed by atoms with Crippen LogP contribution in [0, 0.1) is 11.6 Å². The molecule has 4 nitrogen and oxygen atoms in total. The molecule has 0 aliphatic rings. The molecule has 2 rings (SSSR count). The van der Waals surface area contributed by atoms with Crippen LogP contribution in [0.5, 0.6) is 0 Å². The van der Waals surface area contributed by atoms with Gasteiger partial charge in [-0.3, -0.25) is 9.59 Å². The van der Waals surface area contributed by atoms with E-state index in [1.165, 1.54) is 6.07 Å². The Hall–Kier alpha value is -2.18. The first-order valence-electron chi connectivity index (χ1n) is 6.77. The Morgan fingerprint density at radius 3 is 2.38 bits per heavy atom. The van der Waals surface area contributed by atoms with E-state index in [1.807, 2.05) is 0 Å². The van der Waals surface area contributed by atoms with Crippen LogP contribution in [-0.2, 0) is 11.2 Å². The summed E-state index contributed by atoms with van der Waals surface area (Å²) >= 11 is 11.8. The minimum Gasteiger partial charge on any atom is -0.368 e.